The van der Waals surface area contributed by atoms with E-state index in [-0.39, 0.29) is 19.4 Å². The second-order valence-corrected chi connectivity index (χ2v) is 6.01. The van der Waals surface area contributed by atoms with Crippen LogP contribution >= 0.6 is 0 Å². The minimum Gasteiger partial charge on any atom is -0.481 e. The van der Waals surface area contributed by atoms with Crippen LogP contribution in [-0.4, -0.2) is 45.8 Å². The number of esters is 1. The van der Waals surface area contributed by atoms with Gasteiger partial charge in [-0.05, 0) is 25.3 Å². The second-order valence-electron chi connectivity index (χ2n) is 6.01. The Morgan fingerprint density at radius 2 is 1.73 bits per heavy atom. The lowest BCUT2D eigenvalue weighted by Crippen LogP contribution is -2.33. The minimum atomic E-state index is -1.43. The molecular weight excluding hydrogens is 344 g/mol. The molecule has 0 aliphatic heterocycles. The maximum Gasteiger partial charge on any atom is 0.336 e. The molecule has 0 spiro atoms. The molecule has 0 heterocycles. The van der Waals surface area contributed by atoms with E-state index in [9.17, 15) is 29.4 Å². The number of carboxylic acid groups (broad SMARTS) is 3. The highest BCUT2D eigenvalue weighted by Gasteiger charge is 2.41. The van der Waals surface area contributed by atoms with E-state index in [1.54, 1.807) is 0 Å². The fourth-order valence-electron chi connectivity index (χ4n) is 2.76. The number of aliphatic carboxylic acids is 3. The Bertz CT molecular complexity index is 658. The summed E-state index contributed by atoms with van der Waals surface area (Å²) in [6, 6.07) is 0. The molecule has 142 valence electrons. The first-order chi connectivity index (χ1) is 12.2. The number of carboxylic acids is 3. The van der Waals surface area contributed by atoms with Crippen molar-refractivity contribution in [3.05, 3.63) is 36.0 Å². The van der Waals surface area contributed by atoms with Gasteiger partial charge in [0.2, 0.25) is 0 Å². The SMILES string of the molecule is C=CC(=O)OCCCCCCC1(C(=O)O)C=CC(C(=O)O)=C(C(=O)O)C1. The van der Waals surface area contributed by atoms with Gasteiger partial charge in [-0.15, -0.1) is 0 Å². The summed E-state index contributed by atoms with van der Waals surface area (Å²) in [5.41, 5.74) is -2.22. The average molecular weight is 366 g/mol. The van der Waals surface area contributed by atoms with Crippen LogP contribution in [0.5, 0.6) is 0 Å². The van der Waals surface area contributed by atoms with Gasteiger partial charge in [0.15, 0.2) is 0 Å². The number of carbonyl (C=O) groups is 4. The van der Waals surface area contributed by atoms with Gasteiger partial charge in [0, 0.05) is 6.08 Å². The van der Waals surface area contributed by atoms with Crippen LogP contribution in [0.3, 0.4) is 0 Å². The Balaban J connectivity index is 2.62. The van der Waals surface area contributed by atoms with Crippen LogP contribution in [0.2, 0.25) is 0 Å². The van der Waals surface area contributed by atoms with Gasteiger partial charge in [-0.2, -0.15) is 0 Å². The molecule has 8 nitrogen and oxygen atoms in total. The standard InChI is InChI=1S/C18H22O8/c1-2-14(19)26-10-6-4-3-5-8-18(17(24)25)9-7-12(15(20)21)13(11-18)16(22)23/h2,7,9H,1,3-6,8,10-11H2,(H,20,21)(H,22,23)(H,24,25). The van der Waals surface area contributed by atoms with Crippen LogP contribution in [0.25, 0.3) is 0 Å². The zero-order chi connectivity index (χ0) is 19.7. The molecule has 0 saturated heterocycles. The van der Waals surface area contributed by atoms with E-state index >= 15 is 0 Å². The van der Waals surface area contributed by atoms with Crippen molar-refractivity contribution in [2.75, 3.05) is 6.61 Å². The van der Waals surface area contributed by atoms with Crippen molar-refractivity contribution in [2.45, 2.75) is 38.5 Å². The first-order valence-electron chi connectivity index (χ1n) is 8.15. The van der Waals surface area contributed by atoms with Crippen LogP contribution in [0.1, 0.15) is 38.5 Å². The van der Waals surface area contributed by atoms with E-state index in [0.29, 0.717) is 25.7 Å². The van der Waals surface area contributed by atoms with E-state index in [0.717, 1.165) is 12.2 Å². The summed E-state index contributed by atoms with van der Waals surface area (Å²) in [5, 5.41) is 27.8. The smallest absolute Gasteiger partial charge is 0.336 e. The van der Waals surface area contributed by atoms with Gasteiger partial charge in [0.25, 0.3) is 0 Å². The third kappa shape index (κ3) is 5.58. The van der Waals surface area contributed by atoms with Gasteiger partial charge in [0.1, 0.15) is 0 Å². The highest BCUT2D eigenvalue weighted by atomic mass is 16.5. The Hall–Kier alpha value is -2.90. The van der Waals surface area contributed by atoms with E-state index in [1.807, 2.05) is 0 Å². The van der Waals surface area contributed by atoms with Crippen molar-refractivity contribution in [2.24, 2.45) is 5.41 Å². The van der Waals surface area contributed by atoms with Crippen molar-refractivity contribution in [3.63, 3.8) is 0 Å². The molecule has 3 N–H and O–H groups in total. The maximum absolute atomic E-state index is 11.7. The highest BCUT2D eigenvalue weighted by Crippen LogP contribution is 2.39. The summed E-state index contributed by atoms with van der Waals surface area (Å²) < 4.78 is 4.83. The van der Waals surface area contributed by atoms with Crippen LogP contribution < -0.4 is 0 Å². The molecular formula is C18H22O8. The third-order valence-corrected chi connectivity index (χ3v) is 4.23. The van der Waals surface area contributed by atoms with Crippen LogP contribution in [0.4, 0.5) is 0 Å². The second kappa shape index (κ2) is 9.55. The topological polar surface area (TPSA) is 138 Å². The molecule has 0 bridgehead atoms. The fourth-order valence-corrected chi connectivity index (χ4v) is 2.76. The van der Waals surface area contributed by atoms with Crippen molar-refractivity contribution in [1.82, 2.24) is 0 Å². The largest absolute Gasteiger partial charge is 0.481 e. The Morgan fingerprint density at radius 3 is 2.27 bits per heavy atom. The molecule has 0 radical (unpaired) electrons. The van der Waals surface area contributed by atoms with Gasteiger partial charge in [-0.3, -0.25) is 4.79 Å². The predicted molar refractivity (Wildman–Crippen MR) is 90.4 cm³/mol. The van der Waals surface area contributed by atoms with E-state index in [1.165, 1.54) is 6.08 Å². The summed E-state index contributed by atoms with van der Waals surface area (Å²) in [7, 11) is 0. The van der Waals surface area contributed by atoms with Gasteiger partial charge in [-0.25, -0.2) is 14.4 Å². The average Bonchev–Trinajstić information content (AvgIpc) is 2.59. The molecule has 0 aromatic rings. The van der Waals surface area contributed by atoms with Gasteiger partial charge in [0.05, 0.1) is 23.2 Å². The van der Waals surface area contributed by atoms with Crippen molar-refractivity contribution >= 4 is 23.9 Å². The number of ether oxygens (including phenoxy) is 1. The first-order valence-corrected chi connectivity index (χ1v) is 8.15. The lowest BCUT2D eigenvalue weighted by atomic mass is 9.73. The monoisotopic (exact) mass is 366 g/mol. The van der Waals surface area contributed by atoms with Crippen molar-refractivity contribution in [3.8, 4) is 0 Å². The molecule has 0 aromatic carbocycles. The maximum atomic E-state index is 11.7. The number of hydrogen-bond donors (Lipinski definition) is 3. The summed E-state index contributed by atoms with van der Waals surface area (Å²) in [4.78, 5) is 45.0. The molecule has 1 aliphatic rings. The first kappa shape index (κ1) is 21.1. The minimum absolute atomic E-state index is 0.189. The zero-order valence-electron chi connectivity index (χ0n) is 14.3. The lowest BCUT2D eigenvalue weighted by molar-refractivity contribution is -0.147. The molecule has 0 saturated carbocycles. The molecule has 0 amide bonds. The van der Waals surface area contributed by atoms with E-state index < -0.39 is 40.4 Å². The normalized spacial score (nSPS) is 19.1. The number of unbranched alkanes of at least 4 members (excludes halogenated alkanes) is 3. The van der Waals surface area contributed by atoms with Gasteiger partial charge >= 0.3 is 23.9 Å². The number of carbonyl (C=O) groups excluding carboxylic acids is 1. The summed E-state index contributed by atoms with van der Waals surface area (Å²) >= 11 is 0. The summed E-state index contributed by atoms with van der Waals surface area (Å²) in [5.74, 6) is -4.51. The fraction of sp³-hybridized carbons (Fsp3) is 0.444. The molecule has 0 fully saturated rings. The highest BCUT2D eigenvalue weighted by molar-refractivity contribution is 6.02. The van der Waals surface area contributed by atoms with Crippen molar-refractivity contribution < 1.29 is 39.2 Å². The summed E-state index contributed by atoms with van der Waals surface area (Å²) in [6.07, 6.45) is 5.76. The molecule has 1 atom stereocenters. The van der Waals surface area contributed by atoms with Gasteiger partial charge in [-0.1, -0.05) is 31.9 Å². The van der Waals surface area contributed by atoms with Crippen LogP contribution in [0, 0.1) is 5.41 Å². The molecule has 8 heteroatoms. The van der Waals surface area contributed by atoms with Crippen LogP contribution in [-0.2, 0) is 23.9 Å². The lowest BCUT2D eigenvalue weighted by Gasteiger charge is -2.29. The summed E-state index contributed by atoms with van der Waals surface area (Å²) in [6.45, 7) is 3.53. The predicted octanol–water partition coefficient (Wildman–Crippen LogP) is 2.16. The van der Waals surface area contributed by atoms with Crippen molar-refractivity contribution in [1.29, 1.82) is 0 Å². The zero-order valence-corrected chi connectivity index (χ0v) is 14.3. The van der Waals surface area contributed by atoms with Crippen LogP contribution in [0.15, 0.2) is 36.0 Å². The Kier molecular flexibility index (Phi) is 7.77. The van der Waals surface area contributed by atoms with E-state index in [2.05, 4.69) is 6.58 Å². The van der Waals surface area contributed by atoms with Gasteiger partial charge < -0.3 is 20.1 Å². The molecule has 1 aliphatic carbocycles. The number of hydrogen-bond acceptors (Lipinski definition) is 5. The van der Waals surface area contributed by atoms with E-state index in [4.69, 9.17) is 9.84 Å². The Labute approximate surface area is 150 Å². The third-order valence-electron chi connectivity index (χ3n) is 4.23. The molecule has 0 aromatic heterocycles. The quantitative estimate of drug-likeness (QED) is 0.287. The molecule has 26 heavy (non-hydrogen) atoms. The Morgan fingerprint density at radius 1 is 1.08 bits per heavy atom. The molecule has 1 unspecified atom stereocenters. The number of rotatable bonds is 11. The molecule has 1 rings (SSSR count).